The molecule has 0 radical (unpaired) electrons. The molecule has 0 bridgehead atoms. The highest BCUT2D eigenvalue weighted by atomic mass is 32.2. The van der Waals surface area contributed by atoms with Crippen molar-refractivity contribution in [2.45, 2.75) is 31.7 Å². The lowest BCUT2D eigenvalue weighted by Crippen LogP contribution is -2.27. The van der Waals surface area contributed by atoms with Crippen LogP contribution in [0.3, 0.4) is 0 Å². The summed E-state index contributed by atoms with van der Waals surface area (Å²) < 4.78 is 32.1. The molecule has 1 atom stereocenters. The van der Waals surface area contributed by atoms with Gasteiger partial charge in [0, 0.05) is 41.9 Å². The Bertz CT molecular complexity index is 1180. The molecule has 2 N–H and O–H groups in total. The van der Waals surface area contributed by atoms with Crippen molar-refractivity contribution < 1.29 is 17.9 Å². The van der Waals surface area contributed by atoms with Gasteiger partial charge in [0.2, 0.25) is 10.0 Å². The van der Waals surface area contributed by atoms with Gasteiger partial charge in [0.25, 0.3) is 0 Å². The van der Waals surface area contributed by atoms with Crippen molar-refractivity contribution in [3.05, 3.63) is 53.7 Å². The maximum Gasteiger partial charge on any atom is 0.246 e. The average Bonchev–Trinajstić information content (AvgIpc) is 3.04. The van der Waals surface area contributed by atoms with E-state index in [0.29, 0.717) is 17.9 Å². The van der Waals surface area contributed by atoms with Gasteiger partial charge >= 0.3 is 0 Å². The summed E-state index contributed by atoms with van der Waals surface area (Å²) in [6, 6.07) is 11.9. The molecule has 3 rings (SSSR count). The first-order valence-electron chi connectivity index (χ1n) is 9.74. The number of H-pyrrole nitrogens is 1. The highest BCUT2D eigenvalue weighted by molar-refractivity contribution is 7.89. The number of aromatic amines is 1. The highest BCUT2D eigenvalue weighted by Gasteiger charge is 2.25. The average molecular weight is 430 g/mol. The number of carbonyl (C=O) groups is 1. The van der Waals surface area contributed by atoms with Gasteiger partial charge in [0.1, 0.15) is 10.6 Å². The molecule has 30 heavy (non-hydrogen) atoms. The molecule has 160 valence electrons. The van der Waals surface area contributed by atoms with Crippen LogP contribution in [0.15, 0.2) is 47.4 Å². The van der Waals surface area contributed by atoms with Crippen molar-refractivity contribution in [1.82, 2.24) is 9.29 Å². The number of ether oxygens (including phenoxy) is 1. The van der Waals surface area contributed by atoms with Gasteiger partial charge in [-0.15, -0.1) is 0 Å². The molecule has 3 aromatic rings. The van der Waals surface area contributed by atoms with Crippen LogP contribution in [0.1, 0.15) is 29.9 Å². The zero-order chi connectivity index (χ0) is 22.1. The number of para-hydroxylation sites is 1. The molecule has 1 aromatic heterocycles. The van der Waals surface area contributed by atoms with Crippen molar-refractivity contribution in [3.63, 3.8) is 0 Å². The normalized spacial score (nSPS) is 12.9. The molecule has 0 saturated heterocycles. The van der Waals surface area contributed by atoms with Crippen LogP contribution in [-0.4, -0.2) is 50.2 Å². The van der Waals surface area contributed by atoms with E-state index in [-0.39, 0.29) is 16.4 Å². The molecule has 1 heterocycles. The minimum Gasteiger partial charge on any atom is -0.492 e. The van der Waals surface area contributed by atoms with E-state index in [2.05, 4.69) is 10.3 Å². The standard InChI is InChI=1S/C22H27N3O4S/c1-6-29-19-12-11-16(13-20(19)30(27,28)25(4)5)23-15(3)22(26)21-14(2)24-18-10-8-7-9-17(18)21/h7-13,15,23-24H,6H2,1-5H3. The lowest BCUT2D eigenvalue weighted by molar-refractivity contribution is 0.0976. The fraction of sp³-hybridized carbons (Fsp3) is 0.318. The van der Waals surface area contributed by atoms with Crippen LogP contribution in [0.25, 0.3) is 10.9 Å². The van der Waals surface area contributed by atoms with Gasteiger partial charge < -0.3 is 15.0 Å². The molecule has 1 unspecified atom stereocenters. The quantitative estimate of drug-likeness (QED) is 0.531. The first-order chi connectivity index (χ1) is 14.2. The first kappa shape index (κ1) is 21.9. The van der Waals surface area contributed by atoms with Gasteiger partial charge in [-0.05, 0) is 45.0 Å². The second-order valence-corrected chi connectivity index (χ2v) is 9.40. The molecule has 0 spiro atoms. The molecule has 0 aliphatic carbocycles. The predicted octanol–water partition coefficient (Wildman–Crippen LogP) is 3.81. The molecule has 0 aliphatic heterocycles. The summed E-state index contributed by atoms with van der Waals surface area (Å²) in [5.41, 5.74) is 2.87. The Morgan fingerprint density at radius 3 is 2.57 bits per heavy atom. The number of sulfonamides is 1. The number of benzene rings is 2. The van der Waals surface area contributed by atoms with Gasteiger partial charge in [-0.2, -0.15) is 0 Å². The molecule has 0 fully saturated rings. The molecule has 7 nitrogen and oxygen atoms in total. The van der Waals surface area contributed by atoms with Crippen LogP contribution in [0, 0.1) is 6.92 Å². The second kappa shape index (κ2) is 8.49. The SMILES string of the molecule is CCOc1ccc(NC(C)C(=O)c2c(C)[nH]c3ccccc23)cc1S(=O)(=O)N(C)C. The minimum atomic E-state index is -3.71. The number of nitrogens with zero attached hydrogens (tertiary/aromatic N) is 1. The first-order valence-corrected chi connectivity index (χ1v) is 11.2. The van der Waals surface area contributed by atoms with E-state index in [4.69, 9.17) is 4.74 Å². The van der Waals surface area contributed by atoms with Gasteiger partial charge in [-0.3, -0.25) is 4.79 Å². The summed E-state index contributed by atoms with van der Waals surface area (Å²) in [5, 5.41) is 4.01. The summed E-state index contributed by atoms with van der Waals surface area (Å²) >= 11 is 0. The topological polar surface area (TPSA) is 91.5 Å². The van der Waals surface area contributed by atoms with Crippen LogP contribution in [-0.2, 0) is 10.0 Å². The zero-order valence-corrected chi connectivity index (χ0v) is 18.6. The van der Waals surface area contributed by atoms with Crippen molar-refractivity contribution in [3.8, 4) is 5.75 Å². The Labute approximate surface area is 177 Å². The molecular weight excluding hydrogens is 402 g/mol. The van der Waals surface area contributed by atoms with Gasteiger partial charge in [0.15, 0.2) is 5.78 Å². The van der Waals surface area contributed by atoms with Crippen LogP contribution in [0.4, 0.5) is 5.69 Å². The van der Waals surface area contributed by atoms with Crippen molar-refractivity contribution in [2.24, 2.45) is 0 Å². The summed E-state index contributed by atoms with van der Waals surface area (Å²) in [5.74, 6) is 0.207. The number of hydrogen-bond acceptors (Lipinski definition) is 5. The fourth-order valence-electron chi connectivity index (χ4n) is 3.40. The zero-order valence-electron chi connectivity index (χ0n) is 17.8. The van der Waals surface area contributed by atoms with Crippen LogP contribution in [0.5, 0.6) is 5.75 Å². The van der Waals surface area contributed by atoms with Crippen LogP contribution in [0.2, 0.25) is 0 Å². The minimum absolute atomic E-state index is 0.0577. The van der Waals surface area contributed by atoms with E-state index in [9.17, 15) is 13.2 Å². The molecule has 8 heteroatoms. The molecule has 0 amide bonds. The Hall–Kier alpha value is -2.84. The number of hydrogen-bond donors (Lipinski definition) is 2. The number of rotatable bonds is 8. The Morgan fingerprint density at radius 1 is 1.20 bits per heavy atom. The number of anilines is 1. The smallest absolute Gasteiger partial charge is 0.246 e. The Balaban J connectivity index is 1.94. The number of fused-ring (bicyclic) bond motifs is 1. The largest absolute Gasteiger partial charge is 0.492 e. The van der Waals surface area contributed by atoms with E-state index in [0.717, 1.165) is 20.9 Å². The Kier molecular flexibility index (Phi) is 6.19. The summed E-state index contributed by atoms with van der Waals surface area (Å²) in [6.45, 7) is 5.78. The van der Waals surface area contributed by atoms with E-state index < -0.39 is 16.1 Å². The number of ketones is 1. The third-order valence-electron chi connectivity index (χ3n) is 4.92. The highest BCUT2D eigenvalue weighted by Crippen LogP contribution is 2.30. The van der Waals surface area contributed by atoms with Crippen molar-refractivity contribution >= 4 is 32.4 Å². The third kappa shape index (κ3) is 4.06. The number of aromatic nitrogens is 1. The summed E-state index contributed by atoms with van der Waals surface area (Å²) in [4.78, 5) is 16.5. The van der Waals surface area contributed by atoms with E-state index in [1.165, 1.54) is 20.2 Å². The van der Waals surface area contributed by atoms with Crippen molar-refractivity contribution in [2.75, 3.05) is 26.0 Å². The molecular formula is C22H27N3O4S. The monoisotopic (exact) mass is 429 g/mol. The van der Waals surface area contributed by atoms with Crippen LogP contribution >= 0.6 is 0 Å². The van der Waals surface area contributed by atoms with Gasteiger partial charge in [0.05, 0.1) is 12.6 Å². The van der Waals surface area contributed by atoms with Gasteiger partial charge in [-0.1, -0.05) is 18.2 Å². The number of carbonyl (C=O) groups excluding carboxylic acids is 1. The van der Waals surface area contributed by atoms with E-state index in [1.807, 2.05) is 31.2 Å². The number of nitrogens with one attached hydrogen (secondary N) is 2. The van der Waals surface area contributed by atoms with Crippen LogP contribution < -0.4 is 10.1 Å². The van der Waals surface area contributed by atoms with Gasteiger partial charge in [-0.25, -0.2) is 12.7 Å². The molecule has 0 aliphatic rings. The number of aryl methyl sites for hydroxylation is 1. The molecule has 0 saturated carbocycles. The maximum atomic E-state index is 13.2. The predicted molar refractivity (Wildman–Crippen MR) is 119 cm³/mol. The fourth-order valence-corrected chi connectivity index (χ4v) is 4.45. The molecule has 2 aromatic carbocycles. The maximum absolute atomic E-state index is 13.2. The van der Waals surface area contributed by atoms with Crippen molar-refractivity contribution in [1.29, 1.82) is 0 Å². The van der Waals surface area contributed by atoms with E-state index in [1.54, 1.807) is 26.0 Å². The summed E-state index contributed by atoms with van der Waals surface area (Å²) in [7, 11) is -0.770. The second-order valence-electron chi connectivity index (χ2n) is 7.28. The van der Waals surface area contributed by atoms with E-state index >= 15 is 0 Å². The lowest BCUT2D eigenvalue weighted by Gasteiger charge is -2.19. The number of Topliss-reactive ketones (excluding diaryl/α,β-unsaturated/α-hetero) is 1. The third-order valence-corrected chi connectivity index (χ3v) is 6.75. The Morgan fingerprint density at radius 2 is 1.90 bits per heavy atom. The lowest BCUT2D eigenvalue weighted by atomic mass is 10.0. The summed E-state index contributed by atoms with van der Waals surface area (Å²) in [6.07, 6.45) is 0.